The van der Waals surface area contributed by atoms with Crippen molar-refractivity contribution in [1.82, 2.24) is 0 Å². The van der Waals surface area contributed by atoms with Crippen LogP contribution >= 0.6 is 0 Å². The Labute approximate surface area is 145 Å². The summed E-state index contributed by atoms with van der Waals surface area (Å²) in [6, 6.07) is 17.3. The molecule has 0 bridgehead atoms. The molecule has 6 heteroatoms. The number of hydrogen-bond donors (Lipinski definition) is 0. The molecule has 0 amide bonds. The molecule has 1 aromatic heterocycles. The van der Waals surface area contributed by atoms with Crippen LogP contribution in [0.4, 0.5) is 5.69 Å². The van der Waals surface area contributed by atoms with Crippen molar-refractivity contribution in [1.29, 1.82) is 0 Å². The van der Waals surface area contributed by atoms with Crippen molar-refractivity contribution in [2.75, 3.05) is 10.8 Å². The van der Waals surface area contributed by atoms with Gasteiger partial charge in [-0.3, -0.25) is 9.10 Å². The van der Waals surface area contributed by atoms with E-state index in [2.05, 4.69) is 0 Å². The molecule has 0 unspecified atom stereocenters. The normalized spacial score (nSPS) is 13.7. The largest absolute Gasteiger partial charge is 0.453 e. The average Bonchev–Trinajstić information content (AvgIpc) is 3.29. The molecule has 0 spiro atoms. The average molecular weight is 353 g/mol. The van der Waals surface area contributed by atoms with E-state index in [9.17, 15) is 13.2 Å². The van der Waals surface area contributed by atoms with Crippen molar-refractivity contribution < 1.29 is 17.6 Å². The van der Waals surface area contributed by atoms with Crippen LogP contribution in [0.2, 0.25) is 0 Å². The molecular formula is C19H15NO4S. The molecule has 0 aliphatic carbocycles. The van der Waals surface area contributed by atoms with Crippen LogP contribution in [-0.4, -0.2) is 21.2 Å². The van der Waals surface area contributed by atoms with E-state index in [0.29, 0.717) is 30.6 Å². The number of furan rings is 1. The Bertz CT molecular complexity index is 1040. The minimum absolute atomic E-state index is 0.232. The van der Waals surface area contributed by atoms with Gasteiger partial charge in [0.1, 0.15) is 5.76 Å². The number of nitrogens with zero attached hydrogens (tertiary/aromatic N) is 1. The van der Waals surface area contributed by atoms with Gasteiger partial charge in [-0.15, -0.1) is 0 Å². The fourth-order valence-corrected chi connectivity index (χ4v) is 4.55. The van der Waals surface area contributed by atoms with E-state index < -0.39 is 10.0 Å². The van der Waals surface area contributed by atoms with Crippen LogP contribution < -0.4 is 4.31 Å². The van der Waals surface area contributed by atoms with Crippen molar-refractivity contribution in [3.8, 4) is 11.3 Å². The summed E-state index contributed by atoms with van der Waals surface area (Å²) in [5, 5.41) is 0. The quantitative estimate of drug-likeness (QED) is 0.673. The topological polar surface area (TPSA) is 67.6 Å². The molecule has 0 atom stereocenters. The monoisotopic (exact) mass is 353 g/mol. The lowest BCUT2D eigenvalue weighted by Crippen LogP contribution is -2.29. The van der Waals surface area contributed by atoms with E-state index in [4.69, 9.17) is 4.42 Å². The summed E-state index contributed by atoms with van der Waals surface area (Å²) in [5.41, 5.74) is 2.50. The third-order valence-electron chi connectivity index (χ3n) is 4.31. The number of rotatable bonds is 4. The van der Waals surface area contributed by atoms with Crippen LogP contribution in [0.1, 0.15) is 16.1 Å². The summed E-state index contributed by atoms with van der Waals surface area (Å²) >= 11 is 0. The molecule has 3 aromatic rings. The van der Waals surface area contributed by atoms with E-state index in [1.54, 1.807) is 36.4 Å². The molecular weight excluding hydrogens is 338 g/mol. The summed E-state index contributed by atoms with van der Waals surface area (Å²) in [6.45, 7) is 0.449. The number of para-hydroxylation sites is 1. The molecule has 5 nitrogen and oxygen atoms in total. The van der Waals surface area contributed by atoms with Crippen molar-refractivity contribution >= 4 is 22.0 Å². The maximum atomic E-state index is 13.0. The third-order valence-corrected chi connectivity index (χ3v) is 6.14. The molecule has 2 aromatic carbocycles. The molecule has 4 rings (SSSR count). The van der Waals surface area contributed by atoms with E-state index in [1.165, 1.54) is 4.31 Å². The number of sulfonamides is 1. The van der Waals surface area contributed by atoms with Crippen LogP contribution in [0.3, 0.4) is 0 Å². The van der Waals surface area contributed by atoms with Crippen molar-refractivity contribution in [3.05, 3.63) is 72.0 Å². The zero-order valence-corrected chi connectivity index (χ0v) is 14.1. The number of fused-ring (bicyclic) bond motifs is 1. The van der Waals surface area contributed by atoms with Crippen LogP contribution in [0.15, 0.2) is 70.0 Å². The highest BCUT2D eigenvalue weighted by Gasteiger charge is 2.30. The maximum Gasteiger partial charge on any atom is 0.264 e. The van der Waals surface area contributed by atoms with Crippen molar-refractivity contribution in [2.24, 2.45) is 0 Å². The maximum absolute atomic E-state index is 13.0. The summed E-state index contributed by atoms with van der Waals surface area (Å²) in [6.07, 6.45) is 1.35. The Kier molecular flexibility index (Phi) is 3.69. The second-order valence-electron chi connectivity index (χ2n) is 5.80. The minimum atomic E-state index is -3.60. The Morgan fingerprint density at radius 2 is 1.72 bits per heavy atom. The standard InChI is InChI=1S/C19H15NO4S/c21-13-16-7-10-19(24-16)15-5-8-17(9-6-15)25(22,23)20-12-11-14-3-1-2-4-18(14)20/h1-10,13H,11-12H2. The Hall–Kier alpha value is -2.86. The molecule has 0 saturated heterocycles. The molecule has 0 radical (unpaired) electrons. The lowest BCUT2D eigenvalue weighted by atomic mass is 10.2. The fraction of sp³-hybridized carbons (Fsp3) is 0.105. The first-order valence-corrected chi connectivity index (χ1v) is 9.30. The van der Waals surface area contributed by atoms with E-state index in [0.717, 1.165) is 11.3 Å². The number of carbonyl (C=O) groups excluding carboxylic acids is 1. The van der Waals surface area contributed by atoms with E-state index in [1.807, 2.05) is 24.3 Å². The minimum Gasteiger partial charge on any atom is -0.453 e. The molecule has 0 saturated carbocycles. The first-order chi connectivity index (χ1) is 12.1. The van der Waals surface area contributed by atoms with Crippen LogP contribution in [0.5, 0.6) is 0 Å². The predicted molar refractivity (Wildman–Crippen MR) is 94.2 cm³/mol. The molecule has 1 aliphatic heterocycles. The van der Waals surface area contributed by atoms with E-state index in [-0.39, 0.29) is 10.7 Å². The number of aldehydes is 1. The first kappa shape index (κ1) is 15.7. The SMILES string of the molecule is O=Cc1ccc(-c2ccc(S(=O)(=O)N3CCc4ccccc43)cc2)o1. The van der Waals surface area contributed by atoms with Gasteiger partial charge in [-0.1, -0.05) is 18.2 Å². The fourth-order valence-electron chi connectivity index (χ4n) is 3.05. The number of hydrogen-bond acceptors (Lipinski definition) is 4. The van der Waals surface area contributed by atoms with Gasteiger partial charge < -0.3 is 4.42 Å². The second kappa shape index (κ2) is 5.89. The smallest absolute Gasteiger partial charge is 0.264 e. The van der Waals surface area contributed by atoms with Gasteiger partial charge in [0.2, 0.25) is 0 Å². The predicted octanol–water partition coefficient (Wildman–Crippen LogP) is 3.51. The molecule has 1 aliphatic rings. The summed E-state index contributed by atoms with van der Waals surface area (Å²) in [5.74, 6) is 0.762. The second-order valence-corrected chi connectivity index (χ2v) is 7.66. The lowest BCUT2D eigenvalue weighted by molar-refractivity contribution is 0.110. The van der Waals surface area contributed by atoms with Gasteiger partial charge in [0, 0.05) is 12.1 Å². The highest BCUT2D eigenvalue weighted by molar-refractivity contribution is 7.92. The lowest BCUT2D eigenvalue weighted by Gasteiger charge is -2.19. The molecule has 25 heavy (non-hydrogen) atoms. The van der Waals surface area contributed by atoms with E-state index >= 15 is 0 Å². The Balaban J connectivity index is 1.67. The first-order valence-electron chi connectivity index (χ1n) is 7.86. The van der Waals surface area contributed by atoms with Crippen LogP contribution in [0.25, 0.3) is 11.3 Å². The summed E-state index contributed by atoms with van der Waals surface area (Å²) in [4.78, 5) is 10.9. The third kappa shape index (κ3) is 2.64. The highest BCUT2D eigenvalue weighted by atomic mass is 32.2. The number of benzene rings is 2. The van der Waals surface area contributed by atoms with Gasteiger partial charge in [0.15, 0.2) is 12.0 Å². The molecule has 0 N–H and O–H groups in total. The van der Waals surface area contributed by atoms with Crippen LogP contribution in [0, 0.1) is 0 Å². The van der Waals surface area contributed by atoms with Gasteiger partial charge in [0.25, 0.3) is 10.0 Å². The van der Waals surface area contributed by atoms with Gasteiger partial charge >= 0.3 is 0 Å². The van der Waals surface area contributed by atoms with Crippen molar-refractivity contribution in [2.45, 2.75) is 11.3 Å². The van der Waals surface area contributed by atoms with Gasteiger partial charge in [-0.2, -0.15) is 0 Å². The summed E-state index contributed by atoms with van der Waals surface area (Å²) in [7, 11) is -3.60. The summed E-state index contributed by atoms with van der Waals surface area (Å²) < 4.78 is 32.7. The van der Waals surface area contributed by atoms with Gasteiger partial charge in [-0.05, 0) is 54.4 Å². The van der Waals surface area contributed by atoms with Crippen molar-refractivity contribution in [3.63, 3.8) is 0 Å². The molecule has 2 heterocycles. The number of anilines is 1. The Morgan fingerprint density at radius 3 is 2.44 bits per heavy atom. The zero-order valence-electron chi connectivity index (χ0n) is 13.3. The van der Waals surface area contributed by atoms with Gasteiger partial charge in [-0.25, -0.2) is 8.42 Å². The number of carbonyl (C=O) groups is 1. The molecule has 0 fully saturated rings. The van der Waals surface area contributed by atoms with Gasteiger partial charge in [0.05, 0.1) is 10.6 Å². The van der Waals surface area contributed by atoms with Crippen LogP contribution in [-0.2, 0) is 16.4 Å². The molecule has 126 valence electrons. The Morgan fingerprint density at radius 1 is 0.960 bits per heavy atom. The highest BCUT2D eigenvalue weighted by Crippen LogP contribution is 2.33. The zero-order chi connectivity index (χ0) is 17.4.